The molecule has 16 rings (SSSR count). The fraction of sp³-hybridized carbons (Fsp3) is 0.486. The first kappa shape index (κ1) is 112. The number of piperidine rings is 4. The van der Waals surface area contributed by atoms with Crippen molar-refractivity contribution < 1.29 is 115 Å². The number of carbonyl (C=O) groups excluding carboxylic acids is 13. The monoisotopic (exact) mass is 2010 g/mol. The number of benzene rings is 6. The molecule has 0 aromatic heterocycles. The van der Waals surface area contributed by atoms with E-state index in [0.717, 1.165) is 90.9 Å². The standard InChI is InChI=1S/C31H35N3O6.2C20H27N3O4.C16H21NO4.C11H10O3.C9H16N2O3.ClH/c1-39-27-12-6-10-20-14-22(15-24(20)27)30(37)34-18-23(19-8-4-3-5-9-19)17-26(34)29(36)33-25(31(38)40-2)16-21-11-7-13-32-28(21)35;2*1-27-20(26)17(10-14-8-5-9-21-18(14)24)23-19(25)16-11-15(12-22-16)13-6-3-2-4-7-13;1-16(2,3)21-15(20)17-10-12(9-13(17)14(18)19)11-7-5-4-6-8-11;1-14-10-4-2-3-7-5-8(11(12)13)6-9(7)10;1-14-9(13)7(10)5-6-3-2-4-11-8(6)12;/h3-6,8-10,12,15,21,23,25-26H,7,11,13-14,16-18H2,1-2H3,(H,32,35)(H,33,36);2*2-4,6-7,14-17,22H,5,8-12H2,1H3,(H,21,24)(H,23,25);4-8,12-13H,9-10H2,1-3H3,(H,18,19);2-4,6H,5H2,1H3,(H,12,13);6-7H,2-5,10H2,1H3,(H,11,12);1H/t21-,23+,25-,26-;2*14-,15+,16-,17-;12-,13+;;6-,7-;/m0001.0./s1. The summed E-state index contributed by atoms with van der Waals surface area (Å²) in [6.45, 7) is 10.2. The van der Waals surface area contributed by atoms with E-state index in [1.807, 2.05) is 140 Å². The predicted molar refractivity (Wildman–Crippen MR) is 536 cm³/mol. The van der Waals surface area contributed by atoms with Crippen molar-refractivity contribution in [3.05, 3.63) is 213 Å². The van der Waals surface area contributed by atoms with Gasteiger partial charge in [-0.15, -0.1) is 12.4 Å². The molecule has 36 nitrogen and oxygen atoms in total. The molecule has 16 atom stereocenters. The number of nitrogens with zero attached hydrogens (tertiary/aromatic N) is 2. The molecule has 2 aliphatic carbocycles. The number of hydrogen-bond acceptors (Lipinski definition) is 25. The molecule has 0 spiro atoms. The maximum absolute atomic E-state index is 13.9. The zero-order chi connectivity index (χ0) is 103. The average molecular weight is 2010 g/mol. The second-order valence-corrected chi connectivity index (χ2v) is 38.2. The topological polar surface area (TPSA) is 502 Å². The van der Waals surface area contributed by atoms with Crippen molar-refractivity contribution in [2.24, 2.45) is 29.4 Å². The van der Waals surface area contributed by atoms with Crippen LogP contribution in [0.5, 0.6) is 11.5 Å². The highest BCUT2D eigenvalue weighted by atomic mass is 35.5. The van der Waals surface area contributed by atoms with Gasteiger partial charge in [-0.3, -0.25) is 48.1 Å². The van der Waals surface area contributed by atoms with E-state index in [9.17, 15) is 77.0 Å². The lowest BCUT2D eigenvalue weighted by atomic mass is 9.91. The predicted octanol–water partition coefficient (Wildman–Crippen LogP) is 8.41. The van der Waals surface area contributed by atoms with Gasteiger partial charge in [-0.05, 0) is 193 Å². The summed E-state index contributed by atoms with van der Waals surface area (Å²) < 4.78 is 35.1. The molecular formula is C107H137ClN12O24. The van der Waals surface area contributed by atoms with E-state index >= 15 is 0 Å². The molecule has 0 bridgehead atoms. The highest BCUT2D eigenvalue weighted by Crippen LogP contribution is 2.40. The minimum atomic E-state index is -0.988. The van der Waals surface area contributed by atoms with Gasteiger partial charge in [0.25, 0.3) is 5.91 Å². The van der Waals surface area contributed by atoms with E-state index in [4.69, 9.17) is 39.3 Å². The molecule has 10 aliphatic rings. The number of esters is 4. The molecule has 8 heterocycles. The van der Waals surface area contributed by atoms with E-state index in [1.165, 1.54) is 44.5 Å². The highest BCUT2D eigenvalue weighted by molar-refractivity contribution is 6.04. The third-order valence-electron chi connectivity index (χ3n) is 27.4. The maximum atomic E-state index is 13.9. The van der Waals surface area contributed by atoms with Crippen LogP contribution in [0, 0.1) is 23.7 Å². The fourth-order valence-corrected chi connectivity index (χ4v) is 19.7. The van der Waals surface area contributed by atoms with Gasteiger partial charge in [-0.25, -0.2) is 28.8 Å². The summed E-state index contributed by atoms with van der Waals surface area (Å²) in [7, 11) is 8.33. The normalized spacial score (nSPS) is 22.9. The Balaban J connectivity index is 0.000000184. The molecular weight excluding hydrogens is 1870 g/mol. The molecule has 13 N–H and O–H groups in total. The van der Waals surface area contributed by atoms with Gasteiger partial charge in [0.1, 0.15) is 53.4 Å². The Morgan fingerprint density at radius 1 is 0.417 bits per heavy atom. The molecule has 6 aromatic carbocycles. The number of fused-ring (bicyclic) bond motifs is 2. The number of aliphatic carboxylic acids is 2. The van der Waals surface area contributed by atoms with E-state index in [-0.39, 0.29) is 127 Å². The molecule has 6 aromatic rings. The van der Waals surface area contributed by atoms with Crippen LogP contribution in [0.25, 0.3) is 12.2 Å². The van der Waals surface area contributed by atoms with Gasteiger partial charge in [0.05, 0.1) is 54.7 Å². The minimum Gasteiger partial charge on any atom is -0.496 e. The number of halogens is 1. The van der Waals surface area contributed by atoms with Crippen molar-refractivity contribution >= 4 is 114 Å². The highest BCUT2D eigenvalue weighted by Gasteiger charge is 2.46. The number of methoxy groups -OCH3 is 6. The number of amides is 9. The second kappa shape index (κ2) is 54.8. The SMILES string of the molecule is CC(C)(C)OC(=O)N1C[C@H](c2ccccc2)C[C@H]1C(=O)O.COC(=O)[C@@H](N)C[C@@H]1CCCNC1=O.COC(=O)[C@H](C[C@@H]1CCCNC1=O)NC(=O)[C@@H]1C[C@@H](c2ccccc2)CN1.COC(=O)[C@H](C[C@@H]1CCCNC1=O)NC(=O)[C@@H]1C[C@@H](c2ccccc2)CN1.COC(=O)[C@H](C[C@@H]1CCCNC1=O)NC(=O)[C@@H]1C[C@@H](c2ccccc2)CN1C(=O)C1=Cc2c(cccc2OC)C1.COc1cccc2c1C=C(C(=O)O)C2.Cl. The molecule has 776 valence electrons. The summed E-state index contributed by atoms with van der Waals surface area (Å²) in [6, 6.07) is 45.4. The summed E-state index contributed by atoms with van der Waals surface area (Å²) in [4.78, 5) is 186. The van der Waals surface area contributed by atoms with E-state index in [0.29, 0.717) is 114 Å². The second-order valence-electron chi connectivity index (χ2n) is 38.2. The first-order valence-corrected chi connectivity index (χ1v) is 49.0. The Kier molecular flexibility index (Phi) is 42.7. The lowest BCUT2D eigenvalue weighted by Gasteiger charge is -2.28. The minimum absolute atomic E-state index is 0. The van der Waals surface area contributed by atoms with Crippen molar-refractivity contribution in [3.63, 3.8) is 0 Å². The van der Waals surface area contributed by atoms with E-state index < -0.39 is 95.6 Å². The molecule has 37 heteroatoms. The van der Waals surface area contributed by atoms with Crippen LogP contribution in [-0.2, 0) is 104 Å². The number of rotatable bonds is 27. The van der Waals surface area contributed by atoms with Crippen LogP contribution in [0.1, 0.15) is 192 Å². The lowest BCUT2D eigenvalue weighted by Crippen LogP contribution is -2.52. The Morgan fingerprint density at radius 2 is 0.757 bits per heavy atom. The van der Waals surface area contributed by atoms with Gasteiger partial charge in [-0.2, -0.15) is 0 Å². The molecule has 0 radical (unpaired) electrons. The number of hydrogen-bond donors (Lipinski definition) is 12. The van der Waals surface area contributed by atoms with Crippen molar-refractivity contribution in [1.29, 1.82) is 0 Å². The van der Waals surface area contributed by atoms with E-state index in [1.54, 1.807) is 46.0 Å². The van der Waals surface area contributed by atoms with E-state index in [2.05, 4.69) is 76.9 Å². The van der Waals surface area contributed by atoms with Crippen molar-refractivity contribution in [3.8, 4) is 11.5 Å². The zero-order valence-electron chi connectivity index (χ0n) is 83.0. The summed E-state index contributed by atoms with van der Waals surface area (Å²) in [6.07, 6.45) is 13.5. The maximum Gasteiger partial charge on any atom is 0.411 e. The molecule has 8 aliphatic heterocycles. The lowest BCUT2D eigenvalue weighted by molar-refractivity contribution is -0.147. The third kappa shape index (κ3) is 31.5. The van der Waals surface area contributed by atoms with Crippen LogP contribution in [0.15, 0.2) is 169 Å². The summed E-state index contributed by atoms with van der Waals surface area (Å²) >= 11 is 0. The average Bonchev–Trinajstić information content (AvgIpc) is 1.63. The Bertz CT molecular complexity index is 5380. The van der Waals surface area contributed by atoms with Crippen LogP contribution >= 0.6 is 12.4 Å². The van der Waals surface area contributed by atoms with Crippen LogP contribution in [-0.4, -0.2) is 258 Å². The number of nitrogens with one attached hydrogen (secondary N) is 9. The van der Waals surface area contributed by atoms with Crippen molar-refractivity contribution in [2.45, 2.75) is 214 Å². The van der Waals surface area contributed by atoms with Crippen LogP contribution in [0.4, 0.5) is 4.79 Å². The van der Waals surface area contributed by atoms with Crippen molar-refractivity contribution in [2.75, 3.05) is 95.0 Å². The summed E-state index contributed by atoms with van der Waals surface area (Å²) in [5, 5.41) is 44.3. The van der Waals surface area contributed by atoms with Crippen molar-refractivity contribution in [1.82, 2.24) is 57.7 Å². The smallest absolute Gasteiger partial charge is 0.411 e. The first-order valence-electron chi connectivity index (χ1n) is 49.0. The van der Waals surface area contributed by atoms with Gasteiger partial charge in [0.2, 0.25) is 41.4 Å². The first-order chi connectivity index (χ1) is 68.7. The third-order valence-corrected chi connectivity index (χ3v) is 27.4. The number of carboxylic acid groups (broad SMARTS) is 2. The molecule has 9 amide bonds. The van der Waals surface area contributed by atoms with Crippen LogP contribution in [0.2, 0.25) is 0 Å². The number of carbonyl (C=O) groups is 15. The fourth-order valence-electron chi connectivity index (χ4n) is 19.7. The number of ether oxygens (including phenoxy) is 7. The van der Waals surface area contributed by atoms with Gasteiger partial charge >= 0.3 is 41.9 Å². The zero-order valence-corrected chi connectivity index (χ0v) is 83.9. The number of likely N-dealkylation sites (tertiary alicyclic amines) is 2. The van der Waals surface area contributed by atoms with Crippen LogP contribution in [0.3, 0.4) is 0 Å². The van der Waals surface area contributed by atoms with Crippen LogP contribution < -0.4 is 63.1 Å². The van der Waals surface area contributed by atoms with Gasteiger partial charge in [-0.1, -0.05) is 146 Å². The molecule has 0 unspecified atom stereocenters. The molecule has 144 heavy (non-hydrogen) atoms. The van der Waals surface area contributed by atoms with Gasteiger partial charge < -0.3 is 102 Å². The molecule has 8 fully saturated rings. The molecule has 0 saturated carbocycles. The molecule has 8 saturated heterocycles. The van der Waals surface area contributed by atoms with Gasteiger partial charge in [0.15, 0.2) is 0 Å². The Hall–Kier alpha value is -13.6. The largest absolute Gasteiger partial charge is 0.496 e. The summed E-state index contributed by atoms with van der Waals surface area (Å²) in [5.41, 5.74) is 14.2. The summed E-state index contributed by atoms with van der Waals surface area (Å²) in [5.74, 6) is -4.41. The number of carboxylic acids is 2. The quantitative estimate of drug-likeness (QED) is 0.0170. The Morgan fingerprint density at radius 3 is 1.10 bits per heavy atom. The Labute approximate surface area is 845 Å². The number of nitrogens with two attached hydrogens (primary N) is 1. The van der Waals surface area contributed by atoms with Gasteiger partial charge in [0, 0.05) is 123 Å².